The van der Waals surface area contributed by atoms with Crippen molar-refractivity contribution in [1.29, 1.82) is 0 Å². The molecule has 0 spiro atoms. The van der Waals surface area contributed by atoms with Gasteiger partial charge in [0, 0.05) is 17.0 Å². The van der Waals surface area contributed by atoms with Crippen molar-refractivity contribution in [3.8, 4) is 0 Å². The summed E-state index contributed by atoms with van der Waals surface area (Å²) in [5, 5.41) is 1.88. The van der Waals surface area contributed by atoms with E-state index in [1.165, 1.54) is 11.3 Å². The third-order valence-electron chi connectivity index (χ3n) is 3.16. The Morgan fingerprint density at radius 1 is 1.35 bits per heavy atom. The van der Waals surface area contributed by atoms with Gasteiger partial charge in [0.15, 0.2) is 0 Å². The number of esters is 1. The summed E-state index contributed by atoms with van der Waals surface area (Å²) < 4.78 is 6.77. The molecule has 0 aliphatic heterocycles. The molecule has 2 heterocycles. The quantitative estimate of drug-likeness (QED) is 0.628. The minimum atomic E-state index is -0.288. The number of rotatable bonds is 5. The monoisotopic (exact) mass is 291 g/mol. The highest BCUT2D eigenvalue weighted by atomic mass is 32.1. The molecule has 0 aromatic carbocycles. The fourth-order valence-electron chi connectivity index (χ4n) is 2.15. The largest absolute Gasteiger partial charge is 0.465 e. The Morgan fingerprint density at radius 3 is 2.70 bits per heavy atom. The van der Waals surface area contributed by atoms with Crippen LogP contribution in [0.2, 0.25) is 0 Å². The van der Waals surface area contributed by atoms with Gasteiger partial charge in [-0.3, -0.25) is 9.59 Å². The van der Waals surface area contributed by atoms with Gasteiger partial charge in [-0.1, -0.05) is 6.07 Å². The van der Waals surface area contributed by atoms with Crippen LogP contribution in [0.5, 0.6) is 0 Å². The van der Waals surface area contributed by atoms with Crippen LogP contribution in [0.25, 0.3) is 0 Å². The van der Waals surface area contributed by atoms with Crippen LogP contribution < -0.4 is 0 Å². The molecule has 0 radical (unpaired) electrons. The van der Waals surface area contributed by atoms with E-state index in [1.54, 1.807) is 6.92 Å². The number of aromatic nitrogens is 1. The summed E-state index contributed by atoms with van der Waals surface area (Å²) in [5.74, 6) is -0.285. The van der Waals surface area contributed by atoms with Gasteiger partial charge in [0.1, 0.15) is 6.54 Å². The van der Waals surface area contributed by atoms with Crippen LogP contribution >= 0.6 is 11.3 Å². The summed E-state index contributed by atoms with van der Waals surface area (Å²) in [7, 11) is 0. The molecule has 2 aromatic heterocycles. The summed E-state index contributed by atoms with van der Waals surface area (Å²) in [5.41, 5.74) is 2.33. The number of thiophene rings is 1. The van der Waals surface area contributed by atoms with E-state index in [2.05, 4.69) is 0 Å². The molecule has 0 atom stereocenters. The number of nitrogens with zero attached hydrogens (tertiary/aromatic N) is 1. The number of carbonyl (C=O) groups excluding carboxylic acids is 2. The number of hydrogen-bond donors (Lipinski definition) is 0. The average molecular weight is 291 g/mol. The molecule has 2 aromatic rings. The van der Waals surface area contributed by atoms with Crippen LogP contribution in [0.1, 0.15) is 33.5 Å². The van der Waals surface area contributed by atoms with Crippen molar-refractivity contribution in [1.82, 2.24) is 4.57 Å². The molecular weight excluding hydrogens is 274 g/mol. The fraction of sp³-hybridized carbons (Fsp3) is 0.333. The number of carbonyl (C=O) groups is 2. The van der Waals surface area contributed by atoms with Gasteiger partial charge >= 0.3 is 5.97 Å². The normalized spacial score (nSPS) is 10.6. The lowest BCUT2D eigenvalue weighted by Gasteiger charge is -2.08. The molecule has 0 aliphatic rings. The Bertz CT molecular complexity index is 626. The smallest absolute Gasteiger partial charge is 0.325 e. The molecule has 0 fully saturated rings. The molecule has 2 rings (SSSR count). The highest BCUT2D eigenvalue weighted by Gasteiger charge is 2.19. The van der Waals surface area contributed by atoms with E-state index >= 15 is 0 Å². The van der Waals surface area contributed by atoms with Gasteiger partial charge in [0.05, 0.1) is 11.5 Å². The number of ketones is 1. The zero-order valence-electron chi connectivity index (χ0n) is 11.8. The predicted octanol–water partition coefficient (Wildman–Crippen LogP) is 2.96. The second kappa shape index (κ2) is 6.05. The third kappa shape index (κ3) is 2.82. The summed E-state index contributed by atoms with van der Waals surface area (Å²) in [6.45, 7) is 6.02. The van der Waals surface area contributed by atoms with Crippen molar-refractivity contribution >= 4 is 23.1 Å². The fourth-order valence-corrected chi connectivity index (χ4v) is 2.83. The van der Waals surface area contributed by atoms with E-state index in [0.29, 0.717) is 17.0 Å². The molecule has 20 heavy (non-hydrogen) atoms. The van der Waals surface area contributed by atoms with Crippen molar-refractivity contribution in [2.75, 3.05) is 6.61 Å². The lowest BCUT2D eigenvalue weighted by Crippen LogP contribution is -2.15. The summed E-state index contributed by atoms with van der Waals surface area (Å²) in [6.07, 6.45) is 0. The predicted molar refractivity (Wildman–Crippen MR) is 78.3 cm³/mol. The van der Waals surface area contributed by atoms with Gasteiger partial charge < -0.3 is 9.30 Å². The molecule has 5 heteroatoms. The van der Waals surface area contributed by atoms with E-state index in [0.717, 1.165) is 11.4 Å². The lowest BCUT2D eigenvalue weighted by molar-refractivity contribution is -0.143. The van der Waals surface area contributed by atoms with E-state index in [9.17, 15) is 9.59 Å². The van der Waals surface area contributed by atoms with Crippen LogP contribution in [0.15, 0.2) is 23.6 Å². The first-order valence-electron chi connectivity index (χ1n) is 6.45. The Labute approximate surface area is 122 Å². The van der Waals surface area contributed by atoms with Crippen molar-refractivity contribution in [3.63, 3.8) is 0 Å². The van der Waals surface area contributed by atoms with Crippen molar-refractivity contribution in [2.24, 2.45) is 0 Å². The van der Waals surface area contributed by atoms with Gasteiger partial charge in [-0.05, 0) is 38.3 Å². The second-order valence-electron chi connectivity index (χ2n) is 4.48. The molecule has 0 N–H and O–H groups in total. The zero-order chi connectivity index (χ0) is 14.7. The molecule has 0 saturated heterocycles. The lowest BCUT2D eigenvalue weighted by atomic mass is 10.1. The van der Waals surface area contributed by atoms with Gasteiger partial charge in [-0.25, -0.2) is 0 Å². The number of hydrogen-bond acceptors (Lipinski definition) is 4. The molecule has 0 saturated carbocycles. The average Bonchev–Trinajstić information content (AvgIpc) is 3.02. The zero-order valence-corrected chi connectivity index (χ0v) is 12.6. The van der Waals surface area contributed by atoms with E-state index < -0.39 is 0 Å². The summed E-state index contributed by atoms with van der Waals surface area (Å²) in [4.78, 5) is 24.7. The molecule has 4 nitrogen and oxygen atoms in total. The van der Waals surface area contributed by atoms with E-state index in [4.69, 9.17) is 4.74 Å². The van der Waals surface area contributed by atoms with Crippen molar-refractivity contribution in [3.05, 3.63) is 45.4 Å². The van der Waals surface area contributed by atoms with Crippen LogP contribution in [0, 0.1) is 13.8 Å². The molecule has 0 amide bonds. The Kier molecular flexibility index (Phi) is 4.39. The Morgan fingerprint density at radius 2 is 2.10 bits per heavy atom. The highest BCUT2D eigenvalue weighted by molar-refractivity contribution is 7.12. The van der Waals surface area contributed by atoms with Crippen molar-refractivity contribution in [2.45, 2.75) is 27.3 Å². The number of aryl methyl sites for hydroxylation is 1. The molecule has 0 aliphatic carbocycles. The standard InChI is InChI=1S/C15H17NO3S/c1-4-19-14(17)9-16-10(2)8-12(11(16)3)15(18)13-6-5-7-20-13/h5-8H,4,9H2,1-3H3. The SMILES string of the molecule is CCOC(=O)Cn1c(C)cc(C(=O)c2cccs2)c1C. The maximum atomic E-state index is 12.4. The highest BCUT2D eigenvalue weighted by Crippen LogP contribution is 2.21. The first kappa shape index (κ1) is 14.5. The molecule has 0 bridgehead atoms. The first-order chi connectivity index (χ1) is 9.54. The van der Waals surface area contributed by atoms with Crippen LogP contribution in [0.4, 0.5) is 0 Å². The molecule has 0 unspecified atom stereocenters. The number of ether oxygens (including phenoxy) is 1. The maximum absolute atomic E-state index is 12.4. The van der Waals surface area contributed by atoms with Crippen LogP contribution in [-0.2, 0) is 16.1 Å². The third-order valence-corrected chi connectivity index (χ3v) is 4.02. The van der Waals surface area contributed by atoms with Crippen LogP contribution in [0.3, 0.4) is 0 Å². The Balaban J connectivity index is 2.29. The van der Waals surface area contributed by atoms with Crippen LogP contribution in [-0.4, -0.2) is 22.9 Å². The second-order valence-corrected chi connectivity index (χ2v) is 5.43. The first-order valence-corrected chi connectivity index (χ1v) is 7.33. The van der Waals surface area contributed by atoms with E-state index in [-0.39, 0.29) is 18.3 Å². The van der Waals surface area contributed by atoms with Gasteiger partial charge in [-0.15, -0.1) is 11.3 Å². The summed E-state index contributed by atoms with van der Waals surface area (Å²) >= 11 is 1.42. The van der Waals surface area contributed by atoms with Gasteiger partial charge in [0.25, 0.3) is 0 Å². The van der Waals surface area contributed by atoms with Gasteiger partial charge in [-0.2, -0.15) is 0 Å². The van der Waals surface area contributed by atoms with E-state index in [1.807, 2.05) is 42.0 Å². The minimum Gasteiger partial charge on any atom is -0.465 e. The van der Waals surface area contributed by atoms with Gasteiger partial charge in [0.2, 0.25) is 5.78 Å². The molecular formula is C15H17NO3S. The topological polar surface area (TPSA) is 48.3 Å². The maximum Gasteiger partial charge on any atom is 0.325 e. The Hall–Kier alpha value is -1.88. The molecule has 106 valence electrons. The minimum absolute atomic E-state index is 0.00297. The van der Waals surface area contributed by atoms with Crippen molar-refractivity contribution < 1.29 is 14.3 Å². The summed E-state index contributed by atoms with van der Waals surface area (Å²) in [6, 6.07) is 5.50.